The van der Waals surface area contributed by atoms with Crippen molar-refractivity contribution in [2.24, 2.45) is 0 Å². The predicted octanol–water partition coefficient (Wildman–Crippen LogP) is 7.44. The van der Waals surface area contributed by atoms with Gasteiger partial charge in [0.05, 0.1) is 17.6 Å². The van der Waals surface area contributed by atoms with Crippen LogP contribution in [0, 0.1) is 11.6 Å². The zero-order valence-corrected chi connectivity index (χ0v) is 27.4. The quantitative estimate of drug-likeness (QED) is 0.122. The Labute approximate surface area is 280 Å². The molecule has 1 amide bonds. The summed E-state index contributed by atoms with van der Waals surface area (Å²) < 4.78 is 35.1. The van der Waals surface area contributed by atoms with E-state index in [0.717, 1.165) is 80.0 Å². The standard InChI is InChI=1S/C39H43F2N5O2/c1-42-38(47)35-8-3-2-7-30(35)27-29(28-11-13-31(40)14-12-28)19-23-45-24-20-33(21-25-45)43-39-44-36-9-4-5-10-37(36)46(39)22-6-26-48-34-17-15-32(41)16-18-34/h2-5,7-18,29,33H,6,19-27H2,1H3,(H,42,47)(H,43,44). The second-order valence-corrected chi connectivity index (χ2v) is 12.5. The summed E-state index contributed by atoms with van der Waals surface area (Å²) in [5.74, 6) is 1.08. The molecule has 1 fully saturated rings. The number of anilines is 1. The number of benzene rings is 4. The Hall–Kier alpha value is -4.76. The number of para-hydroxylation sites is 2. The van der Waals surface area contributed by atoms with Crippen LogP contribution in [0.15, 0.2) is 97.1 Å². The molecule has 0 bridgehead atoms. The minimum atomic E-state index is -0.274. The molecule has 2 N–H and O–H groups in total. The summed E-state index contributed by atoms with van der Waals surface area (Å²) >= 11 is 0. The number of carbonyl (C=O) groups excluding carboxylic acids is 1. The summed E-state index contributed by atoms with van der Waals surface area (Å²) in [6.45, 7) is 4.12. The van der Waals surface area contributed by atoms with Crippen LogP contribution < -0.4 is 15.4 Å². The smallest absolute Gasteiger partial charge is 0.251 e. The highest BCUT2D eigenvalue weighted by molar-refractivity contribution is 5.95. The highest BCUT2D eigenvalue weighted by atomic mass is 19.1. The first-order valence-corrected chi connectivity index (χ1v) is 16.8. The van der Waals surface area contributed by atoms with Gasteiger partial charge in [0, 0.05) is 38.3 Å². The van der Waals surface area contributed by atoms with Crippen LogP contribution in [-0.2, 0) is 13.0 Å². The largest absolute Gasteiger partial charge is 0.494 e. The number of hydrogen-bond acceptors (Lipinski definition) is 5. The maximum absolute atomic E-state index is 13.8. The molecule has 1 saturated heterocycles. The number of imidazole rings is 1. The number of aromatic nitrogens is 2. The van der Waals surface area contributed by atoms with Crippen LogP contribution in [0.3, 0.4) is 0 Å². The van der Waals surface area contributed by atoms with E-state index in [1.807, 2.05) is 54.6 Å². The molecule has 1 aliphatic rings. The van der Waals surface area contributed by atoms with Gasteiger partial charge in [-0.25, -0.2) is 13.8 Å². The number of aryl methyl sites for hydroxylation is 1. The van der Waals surface area contributed by atoms with Crippen molar-refractivity contribution in [3.8, 4) is 5.75 Å². The molecule has 0 saturated carbocycles. The van der Waals surface area contributed by atoms with Crippen LogP contribution in [0.1, 0.15) is 53.1 Å². The predicted molar refractivity (Wildman–Crippen MR) is 187 cm³/mol. The average Bonchev–Trinajstić information content (AvgIpc) is 3.46. The van der Waals surface area contributed by atoms with Gasteiger partial charge in [0.25, 0.3) is 5.91 Å². The second kappa shape index (κ2) is 15.9. The first-order chi connectivity index (χ1) is 23.5. The number of halogens is 2. The number of rotatable bonds is 14. The van der Waals surface area contributed by atoms with Crippen molar-refractivity contribution in [1.29, 1.82) is 0 Å². The van der Waals surface area contributed by atoms with Crippen molar-refractivity contribution >= 4 is 22.9 Å². The van der Waals surface area contributed by atoms with Gasteiger partial charge in [-0.05, 0) is 110 Å². The van der Waals surface area contributed by atoms with Gasteiger partial charge in [-0.3, -0.25) is 4.79 Å². The maximum atomic E-state index is 13.8. The van der Waals surface area contributed by atoms with Crippen molar-refractivity contribution in [1.82, 2.24) is 19.8 Å². The third-order valence-electron chi connectivity index (χ3n) is 9.27. The Bertz CT molecular complexity index is 1780. The van der Waals surface area contributed by atoms with Crippen LogP contribution in [-0.4, -0.2) is 59.7 Å². The van der Waals surface area contributed by atoms with E-state index in [2.05, 4.69) is 26.2 Å². The Morgan fingerprint density at radius 1 is 0.896 bits per heavy atom. The third-order valence-corrected chi connectivity index (χ3v) is 9.27. The minimum absolute atomic E-state index is 0.0927. The lowest BCUT2D eigenvalue weighted by Gasteiger charge is -2.33. The van der Waals surface area contributed by atoms with Gasteiger partial charge >= 0.3 is 0 Å². The molecule has 2 heterocycles. The highest BCUT2D eigenvalue weighted by Crippen LogP contribution is 2.28. The molecule has 6 rings (SSSR count). The lowest BCUT2D eigenvalue weighted by molar-refractivity contribution is 0.0962. The fraction of sp³-hybridized carbons (Fsp3) is 0.333. The summed E-state index contributed by atoms with van der Waals surface area (Å²) in [7, 11) is 1.65. The molecule has 1 aliphatic heterocycles. The first kappa shape index (κ1) is 33.2. The number of piperidine rings is 1. The molecule has 0 spiro atoms. The second-order valence-electron chi connectivity index (χ2n) is 12.5. The molecule has 1 unspecified atom stereocenters. The van der Waals surface area contributed by atoms with Crippen molar-refractivity contribution in [2.75, 3.05) is 38.6 Å². The van der Waals surface area contributed by atoms with Gasteiger partial charge in [0.1, 0.15) is 17.4 Å². The fourth-order valence-electron chi connectivity index (χ4n) is 6.62. The maximum Gasteiger partial charge on any atom is 0.251 e. The summed E-state index contributed by atoms with van der Waals surface area (Å²) in [6.07, 6.45) is 4.39. The molecular weight excluding hydrogens is 608 g/mol. The molecule has 7 nitrogen and oxygen atoms in total. The summed E-state index contributed by atoms with van der Waals surface area (Å²) in [4.78, 5) is 20.0. The normalized spacial score (nSPS) is 14.6. The Morgan fingerprint density at radius 3 is 2.33 bits per heavy atom. The van der Waals surface area contributed by atoms with Gasteiger partial charge in [-0.2, -0.15) is 0 Å². The molecular formula is C39H43F2N5O2. The number of carbonyl (C=O) groups is 1. The van der Waals surface area contributed by atoms with E-state index >= 15 is 0 Å². The number of hydrogen-bond donors (Lipinski definition) is 2. The molecule has 1 atom stereocenters. The fourth-order valence-corrected chi connectivity index (χ4v) is 6.62. The van der Waals surface area contributed by atoms with E-state index in [1.165, 1.54) is 24.3 Å². The van der Waals surface area contributed by atoms with Crippen molar-refractivity contribution in [3.63, 3.8) is 0 Å². The Kier molecular flexibility index (Phi) is 11.0. The van der Waals surface area contributed by atoms with Crippen molar-refractivity contribution in [2.45, 2.75) is 50.6 Å². The minimum Gasteiger partial charge on any atom is -0.494 e. The molecule has 4 aromatic carbocycles. The van der Waals surface area contributed by atoms with Gasteiger partial charge in [-0.1, -0.05) is 42.5 Å². The average molecular weight is 652 g/mol. The molecule has 0 aliphatic carbocycles. The molecule has 5 aromatic rings. The van der Waals surface area contributed by atoms with Crippen LogP contribution in [0.2, 0.25) is 0 Å². The number of likely N-dealkylation sites (tertiary alicyclic amines) is 1. The van der Waals surface area contributed by atoms with E-state index in [1.54, 1.807) is 19.2 Å². The number of nitrogens with zero attached hydrogens (tertiary/aromatic N) is 3. The highest BCUT2D eigenvalue weighted by Gasteiger charge is 2.23. The SMILES string of the molecule is CNC(=O)c1ccccc1CC(CCN1CCC(Nc2nc3ccccc3n2CCCOc2ccc(F)cc2)CC1)c1ccc(F)cc1. The number of nitrogens with one attached hydrogen (secondary N) is 2. The summed E-state index contributed by atoms with van der Waals surface area (Å²) in [6, 6.07) is 29.1. The first-order valence-electron chi connectivity index (χ1n) is 16.8. The Balaban J connectivity index is 1.05. The molecule has 250 valence electrons. The summed E-state index contributed by atoms with van der Waals surface area (Å²) in [5.41, 5.74) is 4.82. The van der Waals surface area contributed by atoms with Gasteiger partial charge < -0.3 is 24.8 Å². The number of ether oxygens (including phenoxy) is 1. The zero-order chi connectivity index (χ0) is 33.3. The van der Waals surface area contributed by atoms with E-state index < -0.39 is 0 Å². The van der Waals surface area contributed by atoms with Crippen LogP contribution in [0.25, 0.3) is 11.0 Å². The number of fused-ring (bicyclic) bond motifs is 1. The molecule has 0 radical (unpaired) electrons. The molecule has 48 heavy (non-hydrogen) atoms. The van der Waals surface area contributed by atoms with E-state index in [9.17, 15) is 13.6 Å². The number of amides is 1. The zero-order valence-electron chi connectivity index (χ0n) is 27.4. The van der Waals surface area contributed by atoms with Gasteiger partial charge in [0.2, 0.25) is 5.95 Å². The van der Waals surface area contributed by atoms with E-state index in [-0.39, 0.29) is 23.5 Å². The van der Waals surface area contributed by atoms with Gasteiger partial charge in [-0.15, -0.1) is 0 Å². The van der Waals surface area contributed by atoms with Gasteiger partial charge in [0.15, 0.2) is 0 Å². The topological polar surface area (TPSA) is 71.4 Å². The van der Waals surface area contributed by atoms with Crippen molar-refractivity contribution in [3.05, 3.63) is 125 Å². The molecule has 9 heteroatoms. The summed E-state index contributed by atoms with van der Waals surface area (Å²) in [5, 5.41) is 6.50. The Morgan fingerprint density at radius 2 is 1.58 bits per heavy atom. The van der Waals surface area contributed by atoms with Crippen LogP contribution in [0.4, 0.5) is 14.7 Å². The van der Waals surface area contributed by atoms with E-state index in [0.29, 0.717) is 30.4 Å². The lowest BCUT2D eigenvalue weighted by atomic mass is 9.87. The van der Waals surface area contributed by atoms with Crippen molar-refractivity contribution < 1.29 is 18.3 Å². The van der Waals surface area contributed by atoms with Crippen LogP contribution in [0.5, 0.6) is 5.75 Å². The third kappa shape index (κ3) is 8.39. The lowest BCUT2D eigenvalue weighted by Crippen LogP contribution is -2.40. The molecule has 1 aromatic heterocycles. The van der Waals surface area contributed by atoms with Crippen LogP contribution >= 0.6 is 0 Å². The van der Waals surface area contributed by atoms with E-state index in [4.69, 9.17) is 9.72 Å². The monoisotopic (exact) mass is 651 g/mol.